The second-order valence-corrected chi connectivity index (χ2v) is 6.64. The van der Waals surface area contributed by atoms with Gasteiger partial charge in [-0.25, -0.2) is 9.78 Å². The van der Waals surface area contributed by atoms with Gasteiger partial charge in [0.2, 0.25) is 0 Å². The van der Waals surface area contributed by atoms with Gasteiger partial charge in [0.05, 0.1) is 12.3 Å². The summed E-state index contributed by atoms with van der Waals surface area (Å²) in [4.78, 5) is 20.3. The lowest BCUT2D eigenvalue weighted by molar-refractivity contribution is 0.0240. The van der Waals surface area contributed by atoms with Crippen LogP contribution in [0.5, 0.6) is 0 Å². The van der Waals surface area contributed by atoms with E-state index in [0.29, 0.717) is 38.5 Å². The molecule has 2 heterocycles. The van der Waals surface area contributed by atoms with Crippen LogP contribution in [-0.2, 0) is 16.1 Å². The number of hydrogen-bond donors (Lipinski definition) is 1. The van der Waals surface area contributed by atoms with Crippen LogP contribution in [-0.4, -0.2) is 54.9 Å². The number of nitrogens with zero attached hydrogens (tertiary/aromatic N) is 3. The monoisotopic (exact) mass is 322 g/mol. The lowest BCUT2D eigenvalue weighted by Crippen LogP contribution is -2.50. The Balaban J connectivity index is 1.95. The summed E-state index contributed by atoms with van der Waals surface area (Å²) in [6.07, 6.45) is 1.50. The zero-order valence-corrected chi connectivity index (χ0v) is 14.3. The van der Waals surface area contributed by atoms with E-state index in [1.165, 1.54) is 0 Å². The van der Waals surface area contributed by atoms with Crippen LogP contribution >= 0.6 is 0 Å². The third-order valence-corrected chi connectivity index (χ3v) is 3.49. The fourth-order valence-electron chi connectivity index (χ4n) is 2.46. The molecule has 0 aliphatic carbocycles. The number of hydrogen-bond acceptors (Lipinski definition) is 6. The third-order valence-electron chi connectivity index (χ3n) is 3.49. The molecule has 2 rings (SSSR count). The first-order chi connectivity index (χ1) is 10.8. The van der Waals surface area contributed by atoms with Crippen molar-refractivity contribution < 1.29 is 14.3 Å². The van der Waals surface area contributed by atoms with Crippen LogP contribution in [0.15, 0.2) is 12.3 Å². The zero-order chi connectivity index (χ0) is 17.0. The Labute approximate surface area is 137 Å². The van der Waals surface area contributed by atoms with Crippen molar-refractivity contribution in [3.63, 3.8) is 0 Å². The van der Waals surface area contributed by atoms with Gasteiger partial charge in [0.15, 0.2) is 5.82 Å². The van der Waals surface area contributed by atoms with Gasteiger partial charge in [-0.15, -0.1) is 0 Å². The van der Waals surface area contributed by atoms with Crippen molar-refractivity contribution in [3.05, 3.63) is 17.8 Å². The molecule has 1 aromatic rings. The summed E-state index contributed by atoms with van der Waals surface area (Å²) < 4.78 is 10.5. The summed E-state index contributed by atoms with van der Waals surface area (Å²) in [5.74, 6) is 0.758. The van der Waals surface area contributed by atoms with Crippen LogP contribution in [0.2, 0.25) is 0 Å². The van der Waals surface area contributed by atoms with Crippen molar-refractivity contribution in [2.75, 3.05) is 43.9 Å². The second-order valence-electron chi connectivity index (χ2n) is 6.64. The number of rotatable bonds is 3. The predicted octanol–water partition coefficient (Wildman–Crippen LogP) is 1.87. The molecule has 7 heteroatoms. The summed E-state index contributed by atoms with van der Waals surface area (Å²) in [6.45, 7) is 8.64. The third kappa shape index (κ3) is 4.72. The Hall–Kier alpha value is -2.02. The van der Waals surface area contributed by atoms with Crippen LogP contribution in [0, 0.1) is 0 Å². The minimum atomic E-state index is -0.475. The number of carbonyl (C=O) groups is 1. The second kappa shape index (κ2) is 7.04. The van der Waals surface area contributed by atoms with Crippen molar-refractivity contribution in [1.29, 1.82) is 0 Å². The van der Waals surface area contributed by atoms with E-state index in [9.17, 15) is 4.79 Å². The number of aromatic nitrogens is 1. The molecule has 1 saturated heterocycles. The van der Waals surface area contributed by atoms with E-state index in [2.05, 4.69) is 9.88 Å². The van der Waals surface area contributed by atoms with Gasteiger partial charge >= 0.3 is 6.09 Å². The molecule has 0 radical (unpaired) electrons. The fourth-order valence-corrected chi connectivity index (χ4v) is 2.46. The van der Waals surface area contributed by atoms with E-state index >= 15 is 0 Å². The molecule has 0 saturated carbocycles. The smallest absolute Gasteiger partial charge is 0.410 e. The van der Waals surface area contributed by atoms with Gasteiger partial charge in [0, 0.05) is 39.5 Å². The molecular formula is C16H26N4O3. The van der Waals surface area contributed by atoms with Crippen molar-refractivity contribution in [2.24, 2.45) is 0 Å². The van der Waals surface area contributed by atoms with Gasteiger partial charge in [-0.3, -0.25) is 0 Å². The van der Waals surface area contributed by atoms with Gasteiger partial charge in [-0.1, -0.05) is 0 Å². The predicted molar refractivity (Wildman–Crippen MR) is 89.4 cm³/mol. The van der Waals surface area contributed by atoms with E-state index in [1.54, 1.807) is 18.2 Å². The first-order valence-corrected chi connectivity index (χ1v) is 7.76. The Kier molecular flexibility index (Phi) is 5.30. The van der Waals surface area contributed by atoms with Gasteiger partial charge in [-0.2, -0.15) is 0 Å². The average Bonchev–Trinajstić information content (AvgIpc) is 2.46. The quantitative estimate of drug-likeness (QED) is 0.915. The molecule has 0 unspecified atom stereocenters. The summed E-state index contributed by atoms with van der Waals surface area (Å²) in [5, 5.41) is 0. The Morgan fingerprint density at radius 3 is 2.48 bits per heavy atom. The number of pyridine rings is 1. The van der Waals surface area contributed by atoms with Gasteiger partial charge in [0.25, 0.3) is 0 Å². The summed E-state index contributed by atoms with van der Waals surface area (Å²) in [7, 11) is 1.64. The minimum absolute atomic E-state index is 0.270. The SMILES string of the molecule is COCc1cnc(N2CCN(C(=O)OC(C)(C)C)CC2)c(N)c1. The molecule has 0 atom stereocenters. The maximum absolute atomic E-state index is 12.1. The Morgan fingerprint density at radius 1 is 1.30 bits per heavy atom. The average molecular weight is 322 g/mol. The molecule has 0 spiro atoms. The van der Waals surface area contributed by atoms with Crippen LogP contribution in [0.4, 0.5) is 16.3 Å². The summed E-state index contributed by atoms with van der Waals surface area (Å²) >= 11 is 0. The molecule has 1 aliphatic rings. The van der Waals surface area contributed by atoms with E-state index in [4.69, 9.17) is 15.2 Å². The highest BCUT2D eigenvalue weighted by atomic mass is 16.6. The first-order valence-electron chi connectivity index (χ1n) is 7.76. The molecule has 1 aromatic heterocycles. The molecule has 23 heavy (non-hydrogen) atoms. The van der Waals surface area contributed by atoms with Crippen LogP contribution in [0.25, 0.3) is 0 Å². The number of nitrogen functional groups attached to an aromatic ring is 1. The van der Waals surface area contributed by atoms with Crippen molar-refractivity contribution >= 4 is 17.6 Å². The van der Waals surface area contributed by atoms with E-state index < -0.39 is 5.60 Å². The first kappa shape index (κ1) is 17.3. The summed E-state index contributed by atoms with van der Waals surface area (Å²) in [6, 6.07) is 1.88. The molecule has 2 N–H and O–H groups in total. The van der Waals surface area contributed by atoms with Crippen molar-refractivity contribution in [1.82, 2.24) is 9.88 Å². The maximum Gasteiger partial charge on any atom is 0.410 e. The van der Waals surface area contributed by atoms with Crippen LogP contribution in [0.1, 0.15) is 26.3 Å². The lowest BCUT2D eigenvalue weighted by atomic mass is 10.2. The lowest BCUT2D eigenvalue weighted by Gasteiger charge is -2.36. The van der Waals surface area contributed by atoms with Crippen molar-refractivity contribution in [3.8, 4) is 0 Å². The Bertz CT molecular complexity index is 549. The molecule has 128 valence electrons. The van der Waals surface area contributed by atoms with Gasteiger partial charge in [-0.05, 0) is 32.4 Å². The van der Waals surface area contributed by atoms with Gasteiger partial charge < -0.3 is 25.0 Å². The highest BCUT2D eigenvalue weighted by molar-refractivity contribution is 5.69. The molecular weight excluding hydrogens is 296 g/mol. The number of nitrogens with two attached hydrogens (primary N) is 1. The topological polar surface area (TPSA) is 80.9 Å². The molecule has 0 bridgehead atoms. The fraction of sp³-hybridized carbons (Fsp3) is 0.625. The van der Waals surface area contributed by atoms with E-state index in [1.807, 2.05) is 26.8 Å². The zero-order valence-electron chi connectivity index (χ0n) is 14.3. The van der Waals surface area contributed by atoms with Crippen molar-refractivity contribution in [2.45, 2.75) is 33.0 Å². The number of amides is 1. The maximum atomic E-state index is 12.1. The molecule has 7 nitrogen and oxygen atoms in total. The summed E-state index contributed by atoms with van der Waals surface area (Å²) in [5.41, 5.74) is 7.20. The number of carbonyl (C=O) groups excluding carboxylic acids is 1. The molecule has 1 aliphatic heterocycles. The largest absolute Gasteiger partial charge is 0.444 e. The standard InChI is InChI=1S/C16H26N4O3/c1-16(2,3)23-15(21)20-7-5-19(6-8-20)14-13(17)9-12(10-18-14)11-22-4/h9-10H,5-8,11,17H2,1-4H3. The molecule has 1 fully saturated rings. The van der Waals surface area contributed by atoms with E-state index in [0.717, 1.165) is 11.4 Å². The van der Waals surface area contributed by atoms with Crippen LogP contribution in [0.3, 0.4) is 0 Å². The number of anilines is 2. The Morgan fingerprint density at radius 2 is 1.96 bits per heavy atom. The number of ether oxygens (including phenoxy) is 2. The highest BCUT2D eigenvalue weighted by Gasteiger charge is 2.26. The number of methoxy groups -OCH3 is 1. The van der Waals surface area contributed by atoms with Gasteiger partial charge in [0.1, 0.15) is 5.60 Å². The van der Waals surface area contributed by atoms with Crippen LogP contribution < -0.4 is 10.6 Å². The minimum Gasteiger partial charge on any atom is -0.444 e. The van der Waals surface area contributed by atoms with E-state index in [-0.39, 0.29) is 6.09 Å². The number of piperazine rings is 1. The normalized spacial score (nSPS) is 15.7. The highest BCUT2D eigenvalue weighted by Crippen LogP contribution is 2.23. The molecule has 0 aromatic carbocycles. The molecule has 1 amide bonds.